The minimum atomic E-state index is -2.72. The van der Waals surface area contributed by atoms with E-state index in [2.05, 4.69) is 4.90 Å². The van der Waals surface area contributed by atoms with Crippen molar-refractivity contribution in [1.82, 2.24) is 9.80 Å². The average Bonchev–Trinajstić information content (AvgIpc) is 4.12. The van der Waals surface area contributed by atoms with Gasteiger partial charge in [0, 0.05) is 19.1 Å². The Hall–Kier alpha value is -6.13. The second kappa shape index (κ2) is 20.5. The highest BCUT2D eigenvalue weighted by Gasteiger charge is 2.68. The molecule has 10 rings (SSSR count). The number of hydrogen-bond donors (Lipinski definition) is 4. The molecule has 6 heterocycles. The fraction of sp³-hybridized carbons (Fsp3) is 0.632. The molecule has 0 aromatic heterocycles. The van der Waals surface area contributed by atoms with Crippen molar-refractivity contribution in [3.8, 4) is 23.0 Å². The van der Waals surface area contributed by atoms with E-state index in [0.717, 1.165) is 30.9 Å². The summed E-state index contributed by atoms with van der Waals surface area (Å²) < 4.78 is 58.4. The van der Waals surface area contributed by atoms with Gasteiger partial charge < -0.3 is 72.7 Å². The minimum absolute atomic E-state index is 0.0119. The number of methoxy groups -OCH3 is 4. The second-order valence-electron chi connectivity index (χ2n) is 23.2. The number of benzene rings is 2. The highest BCUT2D eigenvalue weighted by atomic mass is 16.7. The number of carbonyl (C=O) groups excluding carboxylic acids is 5. The van der Waals surface area contributed by atoms with Crippen molar-refractivity contribution in [3.63, 3.8) is 0 Å². The highest BCUT2D eigenvalue weighted by Crippen LogP contribution is 2.62. The molecular weight excluding hydrogens is 1020 g/mol. The Morgan fingerprint density at radius 3 is 1.85 bits per heavy atom. The fourth-order valence-electron chi connectivity index (χ4n) is 13.9. The molecule has 8 aliphatic rings. The lowest BCUT2D eigenvalue weighted by Gasteiger charge is -2.42. The van der Waals surface area contributed by atoms with E-state index >= 15 is 4.79 Å². The van der Waals surface area contributed by atoms with Gasteiger partial charge in [-0.15, -0.1) is 0 Å². The summed E-state index contributed by atoms with van der Waals surface area (Å²) >= 11 is 0. The molecule has 2 spiro atoms. The number of aliphatic hydroxyl groups excluding tert-OH is 1. The normalized spacial score (nSPS) is 29.2. The Balaban J connectivity index is 1.04. The molecule has 6 aliphatic heterocycles. The molecule has 0 radical (unpaired) electrons. The molecule has 2 saturated heterocycles. The number of nitrogens with zero attached hydrogens (tertiary/aromatic N) is 2. The first-order valence-corrected chi connectivity index (χ1v) is 26.9. The molecule has 21 nitrogen and oxygen atoms in total. The van der Waals surface area contributed by atoms with Crippen LogP contribution < -0.4 is 18.9 Å². The lowest BCUT2D eigenvalue weighted by Crippen LogP contribution is -2.56. The van der Waals surface area contributed by atoms with E-state index in [4.69, 9.17) is 47.4 Å². The van der Waals surface area contributed by atoms with Crippen molar-refractivity contribution in [2.75, 3.05) is 55.1 Å². The topological polar surface area (TPSA) is 265 Å². The van der Waals surface area contributed by atoms with Crippen LogP contribution >= 0.6 is 0 Å². The summed E-state index contributed by atoms with van der Waals surface area (Å²) in [5, 5.41) is 46.0. The number of hydrogen-bond acceptors (Lipinski definition) is 20. The smallest absolute Gasteiger partial charge is 0.342 e. The first-order valence-electron chi connectivity index (χ1n) is 26.9. The first kappa shape index (κ1) is 55.2. The predicted molar refractivity (Wildman–Crippen MR) is 272 cm³/mol. The zero-order valence-corrected chi connectivity index (χ0v) is 45.5. The van der Waals surface area contributed by atoms with Crippen LogP contribution in [0.3, 0.4) is 0 Å². The third kappa shape index (κ3) is 9.19. The van der Waals surface area contributed by atoms with Gasteiger partial charge in [0.1, 0.15) is 11.5 Å². The van der Waals surface area contributed by atoms with Gasteiger partial charge >= 0.3 is 23.9 Å². The largest absolute Gasteiger partial charge is 0.497 e. The molecule has 0 bridgehead atoms. The van der Waals surface area contributed by atoms with Gasteiger partial charge in [-0.05, 0) is 143 Å². The molecule has 21 heteroatoms. The van der Waals surface area contributed by atoms with Gasteiger partial charge in [-0.3, -0.25) is 14.5 Å². The van der Waals surface area contributed by atoms with Crippen molar-refractivity contribution in [1.29, 1.82) is 0 Å². The Kier molecular flexibility index (Phi) is 14.5. The molecule has 2 aliphatic carbocycles. The van der Waals surface area contributed by atoms with Crippen LogP contribution in [-0.4, -0.2) is 167 Å². The van der Waals surface area contributed by atoms with E-state index in [-0.39, 0.29) is 76.2 Å². The van der Waals surface area contributed by atoms with Gasteiger partial charge in [-0.1, -0.05) is 13.8 Å². The molecule has 2 aromatic carbocycles. The van der Waals surface area contributed by atoms with Crippen LogP contribution in [0.4, 0.5) is 0 Å². The molecule has 4 N–H and O–H groups in total. The van der Waals surface area contributed by atoms with E-state index in [1.807, 2.05) is 55.2 Å². The summed E-state index contributed by atoms with van der Waals surface area (Å²) in [5.41, 5.74) is -5.15. The Labute approximate surface area is 452 Å². The molecular formula is C57H72N2O19. The molecule has 78 heavy (non-hydrogen) atoms. The van der Waals surface area contributed by atoms with E-state index in [9.17, 15) is 39.6 Å². The molecule has 0 saturated carbocycles. The number of amides is 1. The van der Waals surface area contributed by atoms with Gasteiger partial charge in [0.2, 0.25) is 19.5 Å². The second-order valence-corrected chi connectivity index (χ2v) is 23.2. The fourth-order valence-corrected chi connectivity index (χ4v) is 13.9. The van der Waals surface area contributed by atoms with E-state index in [1.54, 1.807) is 13.8 Å². The molecule has 2 fully saturated rings. The Morgan fingerprint density at radius 1 is 0.744 bits per heavy atom. The van der Waals surface area contributed by atoms with Crippen LogP contribution in [0.5, 0.6) is 23.0 Å². The quantitative estimate of drug-likeness (QED) is 0.122. The molecule has 424 valence electrons. The zero-order valence-electron chi connectivity index (χ0n) is 45.5. The van der Waals surface area contributed by atoms with Gasteiger partial charge in [-0.2, -0.15) is 0 Å². The predicted octanol–water partition coefficient (Wildman–Crippen LogP) is 3.76. The molecule has 1 amide bonds. The Bertz CT molecular complexity index is 2810. The van der Waals surface area contributed by atoms with Crippen molar-refractivity contribution in [3.05, 3.63) is 70.2 Å². The summed E-state index contributed by atoms with van der Waals surface area (Å²) in [6.07, 6.45) is 0.537. The number of aliphatic hydroxyl groups is 4. The summed E-state index contributed by atoms with van der Waals surface area (Å²) in [6, 6.07) is 7.11. The SMILES string of the molecule is COC(=O)C[C@](O)(CCCC(C)(C)O)C(=O)O[C@@H]1C(OC)=C[C@@]23CC[C@@H]([C@@H]4C[C@@]56C=C(OC)[C@@H](OC(=O)[C@](O)(CCC(C)C)[C@H](O)C(=O)OC)[C@H]5c5cc7c(cc5CCN6C4=O)OCO7)N2CCc2cc4c(cc2[C@H]13)OCO4. The van der Waals surface area contributed by atoms with Gasteiger partial charge in [-0.25, -0.2) is 14.4 Å². The summed E-state index contributed by atoms with van der Waals surface area (Å²) in [6.45, 7) is 7.65. The van der Waals surface area contributed by atoms with Crippen molar-refractivity contribution in [2.45, 2.75) is 162 Å². The number of carbonyl (C=O) groups is 5. The molecule has 0 unspecified atom stereocenters. The maximum atomic E-state index is 15.8. The number of fused-ring (bicyclic) bond motifs is 6. The van der Waals surface area contributed by atoms with Crippen molar-refractivity contribution >= 4 is 29.8 Å². The summed E-state index contributed by atoms with van der Waals surface area (Å²) in [7, 11) is 5.11. The van der Waals surface area contributed by atoms with Crippen LogP contribution in [0.1, 0.15) is 120 Å². The summed E-state index contributed by atoms with van der Waals surface area (Å²) in [5.74, 6) is -4.29. The van der Waals surface area contributed by atoms with Crippen LogP contribution in [0, 0.1) is 11.8 Å². The van der Waals surface area contributed by atoms with Gasteiger partial charge in [0.15, 0.2) is 52.5 Å². The maximum Gasteiger partial charge on any atom is 0.342 e. The molecule has 2 aromatic rings. The molecule has 11 atom stereocenters. The average molecular weight is 1090 g/mol. The van der Waals surface area contributed by atoms with Gasteiger partial charge in [0.05, 0.1) is 69.3 Å². The third-order valence-corrected chi connectivity index (χ3v) is 17.8. The van der Waals surface area contributed by atoms with Crippen LogP contribution in [0.25, 0.3) is 0 Å². The van der Waals surface area contributed by atoms with Crippen LogP contribution in [0.15, 0.2) is 47.9 Å². The van der Waals surface area contributed by atoms with E-state index < -0.39 is 100 Å². The highest BCUT2D eigenvalue weighted by molar-refractivity contribution is 5.90. The monoisotopic (exact) mass is 1090 g/mol. The number of rotatable bonds is 18. The standard InChI is InChI=1S/C57H72N2O19/c1-30(2)10-17-57(68,48(61)50(63)72-8)52(65)78-47-42(70-6)26-55-24-35(49(62)59(55)19-13-32-21-38-40(76-29-74-38)23-34(32)45(47)55)36-11-16-54-25-41(69-5)46(77-51(64)56(67,27-43(60)71-7)15-9-14-53(3,4)66)44(54)33-22-39-37(73-28-75-39)20-31(33)12-18-58(36)54/h20-23,25-26,30,35-36,44-48,61,66-68H,9-19,24,27-29H2,1-8H3/t35-,36-,44+,45+,46+,47+,48+,54+,55+,56+,57-/m0/s1. The van der Waals surface area contributed by atoms with Crippen LogP contribution in [-0.2, 0) is 65.2 Å². The number of ether oxygens (including phenoxy) is 10. The zero-order chi connectivity index (χ0) is 55.9. The first-order chi connectivity index (χ1) is 37.0. The minimum Gasteiger partial charge on any atom is -0.497 e. The summed E-state index contributed by atoms with van der Waals surface area (Å²) in [4.78, 5) is 75.1. The number of esters is 4. The van der Waals surface area contributed by atoms with Crippen LogP contribution in [0.2, 0.25) is 0 Å². The Morgan fingerprint density at radius 2 is 1.29 bits per heavy atom. The van der Waals surface area contributed by atoms with Crippen molar-refractivity contribution < 1.29 is 91.8 Å². The van der Waals surface area contributed by atoms with Gasteiger partial charge in [0.25, 0.3) is 0 Å². The third-order valence-electron chi connectivity index (χ3n) is 17.8. The van der Waals surface area contributed by atoms with Crippen molar-refractivity contribution in [2.24, 2.45) is 11.8 Å². The maximum absolute atomic E-state index is 15.8. The van der Waals surface area contributed by atoms with E-state index in [1.165, 1.54) is 14.2 Å². The lowest BCUT2D eigenvalue weighted by atomic mass is 9.75. The van der Waals surface area contributed by atoms with E-state index in [0.29, 0.717) is 66.5 Å². The lowest BCUT2D eigenvalue weighted by molar-refractivity contribution is -0.195.